The highest BCUT2D eigenvalue weighted by Crippen LogP contribution is 2.64. The summed E-state index contributed by atoms with van der Waals surface area (Å²) in [4.78, 5) is 15.9. The van der Waals surface area contributed by atoms with E-state index in [1.54, 1.807) is 42.2 Å². The lowest BCUT2D eigenvalue weighted by molar-refractivity contribution is -0.139. The number of nitrogens with zero attached hydrogens (tertiary/aromatic N) is 3. The van der Waals surface area contributed by atoms with Crippen LogP contribution in [-0.4, -0.2) is 25.1 Å². The Morgan fingerprint density at radius 3 is 2.50 bits per heavy atom. The monoisotopic (exact) mass is 311 g/mol. The molecule has 1 unspecified atom stereocenters. The highest BCUT2D eigenvalue weighted by atomic mass is 35.5. The highest BCUT2D eigenvalue weighted by molar-refractivity contribution is 6.53. The van der Waals surface area contributed by atoms with Crippen LogP contribution in [0.4, 0.5) is 0 Å². The molecule has 1 aromatic carbocycles. The average Bonchev–Trinajstić information content (AvgIpc) is 2.83. The summed E-state index contributed by atoms with van der Waals surface area (Å²) in [6.07, 6.45) is 3.43. The molecular weight excluding hydrogens is 301 g/mol. The van der Waals surface area contributed by atoms with Gasteiger partial charge < -0.3 is 4.74 Å². The van der Waals surface area contributed by atoms with Gasteiger partial charge in [0.2, 0.25) is 0 Å². The number of rotatable bonds is 3. The molecule has 0 bridgehead atoms. The lowest BCUT2D eigenvalue weighted by Gasteiger charge is -2.11. The number of carbonyl (C=O) groups excluding carboxylic acids is 1. The minimum atomic E-state index is -1.02. The molecule has 5 nitrogen and oxygen atoms in total. The molecule has 2 aromatic rings. The van der Waals surface area contributed by atoms with E-state index < -0.39 is 15.7 Å². The van der Waals surface area contributed by atoms with Crippen molar-refractivity contribution < 1.29 is 9.53 Å². The molecule has 0 amide bonds. The predicted molar refractivity (Wildman–Crippen MR) is 74.2 cm³/mol. The Hall–Kier alpha value is -1.59. The number of hydrogen-bond donors (Lipinski definition) is 0. The van der Waals surface area contributed by atoms with Gasteiger partial charge >= 0.3 is 5.97 Å². The molecule has 0 radical (unpaired) electrons. The second-order valence-electron chi connectivity index (χ2n) is 4.94. The molecule has 0 saturated heterocycles. The average molecular weight is 312 g/mol. The number of carbonyl (C=O) groups is 1. The lowest BCUT2D eigenvalue weighted by atomic mass is 10.1. The van der Waals surface area contributed by atoms with Gasteiger partial charge in [0.25, 0.3) is 0 Å². The fraction of sp³-hybridized carbons (Fsp3) is 0.308. The minimum Gasteiger partial charge on any atom is -0.426 e. The van der Waals surface area contributed by atoms with Crippen LogP contribution in [0.3, 0.4) is 0 Å². The maximum atomic E-state index is 12.0. The lowest BCUT2D eigenvalue weighted by Crippen LogP contribution is -2.23. The highest BCUT2D eigenvalue weighted by Gasteiger charge is 2.69. The largest absolute Gasteiger partial charge is 0.426 e. The molecular formula is C13H11Cl2N3O2. The van der Waals surface area contributed by atoms with Crippen molar-refractivity contribution in [3.8, 4) is 11.4 Å². The second kappa shape index (κ2) is 4.46. The van der Waals surface area contributed by atoms with Gasteiger partial charge in [0.1, 0.15) is 28.2 Å². The zero-order chi connectivity index (χ0) is 14.4. The topological polar surface area (TPSA) is 57.0 Å². The summed E-state index contributed by atoms with van der Waals surface area (Å²) in [6, 6.07) is 6.93. The van der Waals surface area contributed by atoms with Gasteiger partial charge in [-0.2, -0.15) is 5.10 Å². The van der Waals surface area contributed by atoms with Crippen molar-refractivity contribution in [1.82, 2.24) is 14.8 Å². The Morgan fingerprint density at radius 1 is 1.35 bits per heavy atom. The van der Waals surface area contributed by atoms with Crippen LogP contribution in [0.1, 0.15) is 13.3 Å². The van der Waals surface area contributed by atoms with Crippen molar-refractivity contribution in [1.29, 1.82) is 0 Å². The third kappa shape index (κ3) is 2.17. The van der Waals surface area contributed by atoms with Crippen LogP contribution in [-0.2, 0) is 4.79 Å². The van der Waals surface area contributed by atoms with Crippen molar-refractivity contribution in [3.63, 3.8) is 0 Å². The van der Waals surface area contributed by atoms with Gasteiger partial charge in [0.15, 0.2) is 0 Å². The third-order valence-corrected chi connectivity index (χ3v) is 4.54. The van der Waals surface area contributed by atoms with Crippen molar-refractivity contribution >= 4 is 29.2 Å². The molecule has 1 heterocycles. The van der Waals surface area contributed by atoms with Crippen LogP contribution in [0.2, 0.25) is 0 Å². The standard InChI is InChI=1S/C13H11Cl2N3O2/c1-12(6-13(12,14)15)11(19)20-10-4-2-9(3-5-10)18-8-16-7-17-18/h2-5,7-8H,6H2,1H3. The SMILES string of the molecule is CC1(C(=O)Oc2ccc(-n3cncn3)cc2)CC1(Cl)Cl. The summed E-state index contributed by atoms with van der Waals surface area (Å²) < 4.78 is 5.88. The van der Waals surface area contributed by atoms with E-state index in [1.165, 1.54) is 6.33 Å². The Morgan fingerprint density at radius 2 is 2.00 bits per heavy atom. The first-order valence-electron chi connectivity index (χ1n) is 5.98. The first-order valence-corrected chi connectivity index (χ1v) is 6.73. The zero-order valence-electron chi connectivity index (χ0n) is 10.6. The van der Waals surface area contributed by atoms with E-state index in [2.05, 4.69) is 10.1 Å². The molecule has 20 heavy (non-hydrogen) atoms. The fourth-order valence-corrected chi connectivity index (χ4v) is 2.54. The Labute approximate surface area is 125 Å². The van der Waals surface area contributed by atoms with E-state index in [0.717, 1.165) is 5.69 Å². The van der Waals surface area contributed by atoms with Crippen LogP contribution in [0, 0.1) is 5.41 Å². The molecule has 7 heteroatoms. The second-order valence-corrected chi connectivity index (χ2v) is 6.42. The van der Waals surface area contributed by atoms with Gasteiger partial charge in [0.05, 0.1) is 5.69 Å². The molecule has 1 atom stereocenters. The van der Waals surface area contributed by atoms with Crippen molar-refractivity contribution in [2.24, 2.45) is 5.41 Å². The summed E-state index contributed by atoms with van der Waals surface area (Å²) in [6.45, 7) is 1.69. The Kier molecular flexibility index (Phi) is 2.99. The number of halogens is 2. The van der Waals surface area contributed by atoms with Gasteiger partial charge in [-0.05, 0) is 31.2 Å². The van der Waals surface area contributed by atoms with Crippen LogP contribution < -0.4 is 4.74 Å². The third-order valence-electron chi connectivity index (χ3n) is 3.44. The van der Waals surface area contributed by atoms with E-state index >= 15 is 0 Å². The van der Waals surface area contributed by atoms with E-state index in [1.807, 2.05) is 0 Å². The maximum Gasteiger partial charge on any atom is 0.320 e. The molecule has 104 valence electrons. The van der Waals surface area contributed by atoms with E-state index in [-0.39, 0.29) is 0 Å². The molecule has 3 rings (SSSR count). The van der Waals surface area contributed by atoms with Crippen LogP contribution in [0.25, 0.3) is 5.69 Å². The summed E-state index contributed by atoms with van der Waals surface area (Å²) in [5.41, 5.74) is -0.00954. The van der Waals surface area contributed by atoms with Crippen molar-refractivity contribution in [3.05, 3.63) is 36.9 Å². The first kappa shape index (κ1) is 13.4. The van der Waals surface area contributed by atoms with Crippen LogP contribution in [0.15, 0.2) is 36.9 Å². The summed E-state index contributed by atoms with van der Waals surface area (Å²) in [5, 5.41) is 4.01. The number of aromatic nitrogens is 3. The molecule has 1 fully saturated rings. The van der Waals surface area contributed by atoms with Crippen LogP contribution >= 0.6 is 23.2 Å². The van der Waals surface area contributed by atoms with Crippen LogP contribution in [0.5, 0.6) is 5.75 Å². The smallest absolute Gasteiger partial charge is 0.320 e. The minimum absolute atomic E-state index is 0.402. The van der Waals surface area contributed by atoms with E-state index in [0.29, 0.717) is 12.2 Å². The zero-order valence-corrected chi connectivity index (χ0v) is 12.1. The Bertz CT molecular complexity index is 640. The number of hydrogen-bond acceptors (Lipinski definition) is 4. The van der Waals surface area contributed by atoms with Gasteiger partial charge in [-0.25, -0.2) is 9.67 Å². The first-order chi connectivity index (χ1) is 9.42. The molecule has 0 aliphatic heterocycles. The van der Waals surface area contributed by atoms with Crippen molar-refractivity contribution in [2.45, 2.75) is 17.7 Å². The molecule has 1 aliphatic rings. The maximum absolute atomic E-state index is 12.0. The van der Waals surface area contributed by atoms with Gasteiger partial charge in [-0.1, -0.05) is 0 Å². The molecule has 0 N–H and O–H groups in total. The fourth-order valence-electron chi connectivity index (χ4n) is 1.85. The molecule has 1 saturated carbocycles. The number of esters is 1. The predicted octanol–water partition coefficient (Wildman–Crippen LogP) is 2.76. The van der Waals surface area contributed by atoms with Gasteiger partial charge in [0, 0.05) is 6.42 Å². The quantitative estimate of drug-likeness (QED) is 0.497. The van der Waals surface area contributed by atoms with Gasteiger partial charge in [-0.3, -0.25) is 4.79 Å². The Balaban J connectivity index is 1.72. The summed E-state index contributed by atoms with van der Waals surface area (Å²) in [7, 11) is 0. The molecule has 0 spiro atoms. The normalized spacial score (nSPS) is 23.4. The molecule has 1 aromatic heterocycles. The molecule has 1 aliphatic carbocycles. The number of ether oxygens (including phenoxy) is 1. The summed E-state index contributed by atoms with van der Waals surface area (Å²) in [5.74, 6) is 0.0205. The van der Waals surface area contributed by atoms with Gasteiger partial charge in [-0.15, -0.1) is 23.2 Å². The van der Waals surface area contributed by atoms with Crippen molar-refractivity contribution in [2.75, 3.05) is 0 Å². The number of benzene rings is 1. The number of alkyl halides is 2. The van der Waals surface area contributed by atoms with E-state index in [9.17, 15) is 4.79 Å². The summed E-state index contributed by atoms with van der Waals surface area (Å²) >= 11 is 11.9. The van der Waals surface area contributed by atoms with E-state index in [4.69, 9.17) is 27.9 Å².